The number of hydrogen-bond donors (Lipinski definition) is 2. The third-order valence-electron chi connectivity index (χ3n) is 2.82. The second kappa shape index (κ2) is 6.89. The maximum atomic E-state index is 11.9. The second-order valence-electron chi connectivity index (χ2n) is 4.16. The quantitative estimate of drug-likeness (QED) is 0.762. The topological polar surface area (TPSA) is 79.4 Å². The van der Waals surface area contributed by atoms with E-state index < -0.39 is 0 Å². The lowest BCUT2D eigenvalue weighted by atomic mass is 10.3. The van der Waals surface area contributed by atoms with E-state index in [9.17, 15) is 4.79 Å². The summed E-state index contributed by atoms with van der Waals surface area (Å²) in [6.45, 7) is 5.91. The molecule has 104 valence electrons. The van der Waals surface area contributed by atoms with Gasteiger partial charge in [-0.25, -0.2) is 9.97 Å². The van der Waals surface area contributed by atoms with Gasteiger partial charge in [-0.1, -0.05) is 0 Å². The van der Waals surface area contributed by atoms with Crippen LogP contribution < -0.4 is 15.4 Å². The van der Waals surface area contributed by atoms with Crippen molar-refractivity contribution in [1.29, 1.82) is 0 Å². The molecule has 1 fully saturated rings. The van der Waals surface area contributed by atoms with Gasteiger partial charge >= 0.3 is 0 Å². The predicted octanol–water partition coefficient (Wildman–Crippen LogP) is -0.281. The number of rotatable bonds is 5. The Morgan fingerprint density at radius 3 is 3.00 bits per heavy atom. The first-order valence-corrected chi connectivity index (χ1v) is 6.47. The van der Waals surface area contributed by atoms with Gasteiger partial charge in [-0.3, -0.25) is 4.79 Å². The minimum Gasteiger partial charge on any atom is -0.478 e. The predicted molar refractivity (Wildman–Crippen MR) is 71.1 cm³/mol. The fourth-order valence-electron chi connectivity index (χ4n) is 1.86. The van der Waals surface area contributed by atoms with Crippen molar-refractivity contribution >= 4 is 11.7 Å². The van der Waals surface area contributed by atoms with Gasteiger partial charge in [0.1, 0.15) is 12.1 Å². The zero-order chi connectivity index (χ0) is 13.5. The van der Waals surface area contributed by atoms with Gasteiger partial charge in [0.05, 0.1) is 13.2 Å². The molecule has 0 radical (unpaired) electrons. The summed E-state index contributed by atoms with van der Waals surface area (Å²) in [6.07, 6.45) is 1.42. The van der Waals surface area contributed by atoms with Crippen LogP contribution in [0, 0.1) is 0 Å². The molecule has 0 unspecified atom stereocenters. The zero-order valence-electron chi connectivity index (χ0n) is 11.1. The number of anilines is 1. The lowest BCUT2D eigenvalue weighted by molar-refractivity contribution is -0.129. The van der Waals surface area contributed by atoms with Crippen LogP contribution in [0.5, 0.6) is 5.88 Å². The van der Waals surface area contributed by atoms with Crippen LogP contribution in [0.1, 0.15) is 6.92 Å². The molecule has 19 heavy (non-hydrogen) atoms. The number of carbonyl (C=O) groups is 1. The van der Waals surface area contributed by atoms with Crippen LogP contribution in [0.4, 0.5) is 5.82 Å². The Balaban J connectivity index is 1.83. The molecule has 1 aromatic rings. The van der Waals surface area contributed by atoms with Crippen LogP contribution in [0.3, 0.4) is 0 Å². The minimum absolute atomic E-state index is 0.0815. The van der Waals surface area contributed by atoms with E-state index in [0.717, 1.165) is 26.2 Å². The molecular weight excluding hydrogens is 246 g/mol. The van der Waals surface area contributed by atoms with Crippen molar-refractivity contribution in [3.8, 4) is 5.88 Å². The largest absolute Gasteiger partial charge is 0.478 e. The minimum atomic E-state index is 0.0815. The van der Waals surface area contributed by atoms with Gasteiger partial charge in [0.15, 0.2) is 0 Å². The molecule has 0 aromatic carbocycles. The number of piperazine rings is 1. The van der Waals surface area contributed by atoms with E-state index in [1.807, 2.05) is 11.8 Å². The number of hydrogen-bond acceptors (Lipinski definition) is 6. The van der Waals surface area contributed by atoms with Crippen molar-refractivity contribution in [2.75, 3.05) is 44.6 Å². The van der Waals surface area contributed by atoms with Crippen molar-refractivity contribution in [3.63, 3.8) is 0 Å². The number of ether oxygens (including phenoxy) is 1. The molecule has 0 spiro atoms. The molecule has 0 saturated carbocycles. The molecule has 1 aliphatic rings. The lowest BCUT2D eigenvalue weighted by Crippen LogP contribution is -2.48. The highest BCUT2D eigenvalue weighted by atomic mass is 16.5. The second-order valence-corrected chi connectivity index (χ2v) is 4.16. The van der Waals surface area contributed by atoms with E-state index in [2.05, 4.69) is 20.6 Å². The molecule has 7 heteroatoms. The van der Waals surface area contributed by atoms with Gasteiger partial charge in [0.2, 0.25) is 11.8 Å². The highest BCUT2D eigenvalue weighted by Crippen LogP contribution is 2.10. The molecule has 2 heterocycles. The molecular formula is C12H19N5O2. The van der Waals surface area contributed by atoms with Gasteiger partial charge in [0, 0.05) is 32.2 Å². The van der Waals surface area contributed by atoms with Crippen LogP contribution in [-0.4, -0.2) is 60.1 Å². The highest BCUT2D eigenvalue weighted by Gasteiger charge is 2.15. The first-order valence-electron chi connectivity index (χ1n) is 6.47. The summed E-state index contributed by atoms with van der Waals surface area (Å²) < 4.78 is 5.27. The van der Waals surface area contributed by atoms with E-state index in [1.165, 1.54) is 6.33 Å². The van der Waals surface area contributed by atoms with Crippen molar-refractivity contribution in [1.82, 2.24) is 20.2 Å². The SMILES string of the molecule is CCOc1cc(NCC(=O)N2CCNCC2)ncn1. The van der Waals surface area contributed by atoms with Crippen LogP contribution in [-0.2, 0) is 4.79 Å². The van der Waals surface area contributed by atoms with E-state index in [0.29, 0.717) is 18.3 Å². The van der Waals surface area contributed by atoms with E-state index in [1.54, 1.807) is 6.07 Å². The van der Waals surface area contributed by atoms with E-state index in [-0.39, 0.29) is 12.5 Å². The van der Waals surface area contributed by atoms with Crippen LogP contribution in [0.2, 0.25) is 0 Å². The third-order valence-corrected chi connectivity index (χ3v) is 2.82. The monoisotopic (exact) mass is 265 g/mol. The standard InChI is InChI=1S/C12H19N5O2/c1-2-19-11-7-10(15-9-16-11)14-8-12(18)17-5-3-13-4-6-17/h7,9,13H,2-6,8H2,1H3,(H,14,15,16). The Kier molecular flexibility index (Phi) is 4.91. The zero-order valence-corrected chi connectivity index (χ0v) is 11.1. The Bertz CT molecular complexity index is 420. The summed E-state index contributed by atoms with van der Waals surface area (Å²) in [5.74, 6) is 1.19. The van der Waals surface area contributed by atoms with Gasteiger partial charge < -0.3 is 20.3 Å². The Morgan fingerprint density at radius 2 is 2.26 bits per heavy atom. The fraction of sp³-hybridized carbons (Fsp3) is 0.583. The normalized spacial score (nSPS) is 15.1. The summed E-state index contributed by atoms with van der Waals surface area (Å²) in [7, 11) is 0. The number of amides is 1. The van der Waals surface area contributed by atoms with Crippen molar-refractivity contribution in [3.05, 3.63) is 12.4 Å². The first-order chi connectivity index (χ1) is 9.29. The fourth-order valence-corrected chi connectivity index (χ4v) is 1.86. The molecule has 1 amide bonds. The van der Waals surface area contributed by atoms with Crippen LogP contribution in [0.15, 0.2) is 12.4 Å². The number of nitrogens with one attached hydrogen (secondary N) is 2. The summed E-state index contributed by atoms with van der Waals surface area (Å²) >= 11 is 0. The average Bonchev–Trinajstić information content (AvgIpc) is 2.46. The Labute approximate surface area is 112 Å². The summed E-state index contributed by atoms with van der Waals surface area (Å²) in [6, 6.07) is 1.69. The Hall–Kier alpha value is -1.89. The van der Waals surface area contributed by atoms with Gasteiger partial charge in [-0.15, -0.1) is 0 Å². The van der Waals surface area contributed by atoms with Crippen LogP contribution in [0.25, 0.3) is 0 Å². The van der Waals surface area contributed by atoms with Crippen molar-refractivity contribution in [2.45, 2.75) is 6.92 Å². The van der Waals surface area contributed by atoms with Gasteiger partial charge in [-0.05, 0) is 6.92 Å². The van der Waals surface area contributed by atoms with Gasteiger partial charge in [-0.2, -0.15) is 0 Å². The molecule has 1 aromatic heterocycles. The average molecular weight is 265 g/mol. The molecule has 2 rings (SSSR count). The molecule has 0 atom stereocenters. The van der Waals surface area contributed by atoms with Crippen molar-refractivity contribution < 1.29 is 9.53 Å². The maximum Gasteiger partial charge on any atom is 0.242 e. The van der Waals surface area contributed by atoms with Gasteiger partial charge in [0.25, 0.3) is 0 Å². The van der Waals surface area contributed by atoms with E-state index >= 15 is 0 Å². The number of aromatic nitrogens is 2. The maximum absolute atomic E-state index is 11.9. The molecule has 1 saturated heterocycles. The summed E-state index contributed by atoms with van der Waals surface area (Å²) in [4.78, 5) is 21.8. The molecule has 2 N–H and O–H groups in total. The van der Waals surface area contributed by atoms with E-state index in [4.69, 9.17) is 4.74 Å². The molecule has 1 aliphatic heterocycles. The van der Waals surface area contributed by atoms with Crippen molar-refractivity contribution in [2.24, 2.45) is 0 Å². The lowest BCUT2D eigenvalue weighted by Gasteiger charge is -2.27. The Morgan fingerprint density at radius 1 is 1.47 bits per heavy atom. The highest BCUT2D eigenvalue weighted by molar-refractivity contribution is 5.80. The molecule has 7 nitrogen and oxygen atoms in total. The third kappa shape index (κ3) is 4.06. The number of carbonyl (C=O) groups excluding carboxylic acids is 1. The first kappa shape index (κ1) is 13.5. The molecule has 0 bridgehead atoms. The number of nitrogens with zero attached hydrogens (tertiary/aromatic N) is 3. The van der Waals surface area contributed by atoms with Crippen LogP contribution >= 0.6 is 0 Å². The molecule has 0 aliphatic carbocycles. The summed E-state index contributed by atoms with van der Waals surface area (Å²) in [5.41, 5.74) is 0. The smallest absolute Gasteiger partial charge is 0.242 e. The summed E-state index contributed by atoms with van der Waals surface area (Å²) in [5, 5.41) is 6.21.